The molecule has 0 amide bonds. The number of benzene rings is 1. The van der Waals surface area contributed by atoms with Crippen molar-refractivity contribution in [3.63, 3.8) is 0 Å². The van der Waals surface area contributed by atoms with Crippen LogP contribution in [0.4, 0.5) is 26.3 Å². The summed E-state index contributed by atoms with van der Waals surface area (Å²) in [5.74, 6) is -0.791. The first kappa shape index (κ1) is 18.7. The van der Waals surface area contributed by atoms with E-state index in [0.717, 1.165) is 0 Å². The first-order valence-electron chi connectivity index (χ1n) is 5.56. The van der Waals surface area contributed by atoms with Crippen LogP contribution in [-0.2, 0) is 12.4 Å². The van der Waals surface area contributed by atoms with Crippen molar-refractivity contribution in [2.75, 3.05) is 0 Å². The predicted octanol–water partition coefficient (Wildman–Crippen LogP) is 6.59. The van der Waals surface area contributed by atoms with E-state index in [1.807, 2.05) is 0 Å². The van der Waals surface area contributed by atoms with Gasteiger partial charge in [0.1, 0.15) is 0 Å². The largest absolute Gasteiger partial charge is 0.416 e. The Morgan fingerprint density at radius 1 is 0.857 bits per heavy atom. The molecule has 1 rings (SSSR count). The summed E-state index contributed by atoms with van der Waals surface area (Å²) in [6, 6.07) is 1.33. The molecule has 0 aliphatic carbocycles. The molecular formula is C12H9Cl3F6. The second-order valence-corrected chi connectivity index (χ2v) is 7.08. The van der Waals surface area contributed by atoms with Crippen molar-refractivity contribution in [2.45, 2.75) is 35.4 Å². The van der Waals surface area contributed by atoms with E-state index in [4.69, 9.17) is 34.8 Å². The average molecular weight is 374 g/mol. The van der Waals surface area contributed by atoms with Crippen LogP contribution in [0.5, 0.6) is 0 Å². The van der Waals surface area contributed by atoms with Crippen molar-refractivity contribution in [3.05, 3.63) is 34.9 Å². The summed E-state index contributed by atoms with van der Waals surface area (Å²) in [5, 5.41) is 0. The maximum Gasteiger partial charge on any atom is 0.416 e. The van der Waals surface area contributed by atoms with E-state index in [1.165, 1.54) is 6.92 Å². The molecule has 0 bridgehead atoms. The van der Waals surface area contributed by atoms with Gasteiger partial charge in [-0.05, 0) is 29.7 Å². The van der Waals surface area contributed by atoms with E-state index in [1.54, 1.807) is 0 Å². The van der Waals surface area contributed by atoms with Gasteiger partial charge in [-0.2, -0.15) is 26.3 Å². The highest BCUT2D eigenvalue weighted by Crippen LogP contribution is 2.41. The maximum atomic E-state index is 12.7. The van der Waals surface area contributed by atoms with Crippen molar-refractivity contribution in [3.8, 4) is 0 Å². The van der Waals surface area contributed by atoms with Crippen molar-refractivity contribution >= 4 is 34.8 Å². The van der Waals surface area contributed by atoms with Crippen molar-refractivity contribution in [1.29, 1.82) is 0 Å². The lowest BCUT2D eigenvalue weighted by Gasteiger charge is -2.20. The van der Waals surface area contributed by atoms with Gasteiger partial charge in [0, 0.05) is 6.42 Å². The van der Waals surface area contributed by atoms with Crippen LogP contribution in [0.1, 0.15) is 36.0 Å². The summed E-state index contributed by atoms with van der Waals surface area (Å²) < 4.78 is 74.4. The number of alkyl halides is 9. The molecule has 0 aliphatic heterocycles. The predicted molar refractivity (Wildman–Crippen MR) is 69.8 cm³/mol. The van der Waals surface area contributed by atoms with Gasteiger partial charge < -0.3 is 0 Å². The van der Waals surface area contributed by atoms with E-state index in [2.05, 4.69) is 0 Å². The lowest BCUT2D eigenvalue weighted by atomic mass is 9.94. The van der Waals surface area contributed by atoms with Gasteiger partial charge in [0.25, 0.3) is 0 Å². The zero-order valence-corrected chi connectivity index (χ0v) is 12.7. The molecule has 1 aromatic rings. The molecule has 0 N–H and O–H groups in total. The molecule has 0 saturated carbocycles. The van der Waals surface area contributed by atoms with Gasteiger partial charge in [-0.1, -0.05) is 41.7 Å². The second-order valence-electron chi connectivity index (χ2n) is 4.56. The Bertz CT molecular complexity index is 469. The zero-order valence-electron chi connectivity index (χ0n) is 10.4. The number of hydrogen-bond donors (Lipinski definition) is 0. The second kappa shape index (κ2) is 6.05. The summed E-state index contributed by atoms with van der Waals surface area (Å²) in [5.41, 5.74) is -2.96. The van der Waals surface area contributed by atoms with E-state index in [0.29, 0.717) is 12.1 Å². The van der Waals surface area contributed by atoms with Crippen LogP contribution < -0.4 is 0 Å². The molecule has 1 aromatic carbocycles. The summed E-state index contributed by atoms with van der Waals surface area (Å²) >= 11 is 16.6. The summed E-state index contributed by atoms with van der Waals surface area (Å²) in [6.45, 7) is 1.39. The Labute approximate surface area is 132 Å². The Morgan fingerprint density at radius 3 is 1.52 bits per heavy atom. The standard InChI is InChI=1S/C12H9Cl3F6/c1-6(5-10(13,14)15)7-2-8(11(16,17)18)4-9(3-7)12(19,20)21/h2-4,6H,5H2,1H3/t6-/m0/s1. The molecule has 0 nitrogen and oxygen atoms in total. The SMILES string of the molecule is C[C@@H](CC(Cl)(Cl)Cl)c1cc(C(F)(F)F)cc(C(F)(F)F)c1. The van der Waals surface area contributed by atoms with E-state index >= 15 is 0 Å². The van der Waals surface area contributed by atoms with Crippen molar-refractivity contribution < 1.29 is 26.3 Å². The van der Waals surface area contributed by atoms with Crippen molar-refractivity contribution in [2.24, 2.45) is 0 Å². The van der Waals surface area contributed by atoms with E-state index in [-0.39, 0.29) is 18.1 Å². The third kappa shape index (κ3) is 5.75. The first-order chi connectivity index (χ1) is 9.20. The van der Waals surface area contributed by atoms with Gasteiger partial charge in [0.2, 0.25) is 0 Å². The van der Waals surface area contributed by atoms with Crippen molar-refractivity contribution in [1.82, 2.24) is 0 Å². The topological polar surface area (TPSA) is 0 Å². The molecule has 0 fully saturated rings. The fourth-order valence-electron chi connectivity index (χ4n) is 1.73. The fraction of sp³-hybridized carbons (Fsp3) is 0.500. The third-order valence-corrected chi connectivity index (χ3v) is 3.18. The average Bonchev–Trinajstić information content (AvgIpc) is 2.23. The van der Waals surface area contributed by atoms with Crippen LogP contribution >= 0.6 is 34.8 Å². The monoisotopic (exact) mass is 372 g/mol. The van der Waals surface area contributed by atoms with Gasteiger partial charge in [0.05, 0.1) is 11.1 Å². The van der Waals surface area contributed by atoms with Crippen LogP contribution in [-0.4, -0.2) is 3.79 Å². The minimum atomic E-state index is -4.89. The normalized spacial score (nSPS) is 15.1. The Balaban J connectivity index is 3.32. The summed E-state index contributed by atoms with van der Waals surface area (Å²) in [4.78, 5) is 0. The summed E-state index contributed by atoms with van der Waals surface area (Å²) in [6.07, 6.45) is -10.00. The molecule has 0 radical (unpaired) electrons. The molecule has 0 aliphatic rings. The maximum absolute atomic E-state index is 12.7. The Morgan fingerprint density at radius 2 is 1.24 bits per heavy atom. The number of rotatable bonds is 2. The Hall–Kier alpha value is -0.330. The molecule has 0 spiro atoms. The highest BCUT2D eigenvalue weighted by Gasteiger charge is 2.37. The highest BCUT2D eigenvalue weighted by molar-refractivity contribution is 6.67. The van der Waals surface area contributed by atoms with Gasteiger partial charge in [-0.15, -0.1) is 0 Å². The molecular weight excluding hydrogens is 364 g/mol. The molecule has 0 aromatic heterocycles. The fourth-order valence-corrected chi connectivity index (χ4v) is 2.42. The Kier molecular flexibility index (Phi) is 5.39. The zero-order chi connectivity index (χ0) is 16.6. The minimum Gasteiger partial charge on any atom is -0.166 e. The molecule has 0 saturated heterocycles. The lowest BCUT2D eigenvalue weighted by Crippen LogP contribution is -2.14. The van der Waals surface area contributed by atoms with Crippen LogP contribution in [0, 0.1) is 0 Å². The first-order valence-corrected chi connectivity index (χ1v) is 6.69. The van der Waals surface area contributed by atoms with E-state index < -0.39 is 33.2 Å². The van der Waals surface area contributed by atoms with Gasteiger partial charge in [-0.25, -0.2) is 0 Å². The van der Waals surface area contributed by atoms with Gasteiger partial charge in [-0.3, -0.25) is 0 Å². The molecule has 1 atom stereocenters. The van der Waals surface area contributed by atoms with Crippen LogP contribution in [0.3, 0.4) is 0 Å². The van der Waals surface area contributed by atoms with Gasteiger partial charge >= 0.3 is 12.4 Å². The van der Waals surface area contributed by atoms with Crippen LogP contribution in [0.2, 0.25) is 0 Å². The molecule has 9 heteroatoms. The van der Waals surface area contributed by atoms with E-state index in [9.17, 15) is 26.3 Å². The molecule has 21 heavy (non-hydrogen) atoms. The number of hydrogen-bond acceptors (Lipinski definition) is 0. The highest BCUT2D eigenvalue weighted by atomic mass is 35.6. The summed E-state index contributed by atoms with van der Waals surface area (Å²) in [7, 11) is 0. The molecule has 0 heterocycles. The smallest absolute Gasteiger partial charge is 0.166 e. The van der Waals surface area contributed by atoms with Gasteiger partial charge in [0.15, 0.2) is 3.79 Å². The molecule has 0 unspecified atom stereocenters. The number of halogens is 9. The van der Waals surface area contributed by atoms with Crippen LogP contribution in [0.15, 0.2) is 18.2 Å². The van der Waals surface area contributed by atoms with Crippen LogP contribution in [0.25, 0.3) is 0 Å². The molecule has 120 valence electrons. The lowest BCUT2D eigenvalue weighted by molar-refractivity contribution is -0.143. The third-order valence-electron chi connectivity index (χ3n) is 2.72. The quantitative estimate of drug-likeness (QED) is 0.405. The minimum absolute atomic E-state index is 0.0611.